The molecular weight excluding hydrogens is 170 g/mol. The van der Waals surface area contributed by atoms with Crippen LogP contribution >= 0.6 is 0 Å². The summed E-state index contributed by atoms with van der Waals surface area (Å²) in [5.41, 5.74) is 0.405. The van der Waals surface area contributed by atoms with Crippen molar-refractivity contribution < 1.29 is 9.53 Å². The van der Waals surface area contributed by atoms with Gasteiger partial charge in [0, 0.05) is 12.7 Å². The van der Waals surface area contributed by atoms with Gasteiger partial charge in [0.05, 0.1) is 6.61 Å². The summed E-state index contributed by atoms with van der Waals surface area (Å²) in [5.74, 6) is 0.197. The molecule has 5 heteroatoms. The molecule has 2 heterocycles. The molecule has 13 heavy (non-hydrogen) atoms. The standard InChI is InChI=1S/C8H9N3O2/c12-7-6-4-9-5-11-8(6)13-3-1-2-10-7/h4-5H,1-3H2,(H,10,12). The van der Waals surface area contributed by atoms with Gasteiger partial charge in [0.1, 0.15) is 11.9 Å². The van der Waals surface area contributed by atoms with Gasteiger partial charge in [0.25, 0.3) is 5.91 Å². The average molecular weight is 179 g/mol. The number of fused-ring (bicyclic) bond motifs is 1. The van der Waals surface area contributed by atoms with Gasteiger partial charge in [0.2, 0.25) is 5.88 Å². The molecule has 0 spiro atoms. The topological polar surface area (TPSA) is 64.1 Å². The fourth-order valence-corrected chi connectivity index (χ4v) is 1.13. The maximum absolute atomic E-state index is 11.4. The second-order valence-corrected chi connectivity index (χ2v) is 2.70. The van der Waals surface area contributed by atoms with Crippen molar-refractivity contribution in [3.8, 4) is 5.88 Å². The minimum atomic E-state index is -0.171. The minimum Gasteiger partial charge on any atom is -0.477 e. The van der Waals surface area contributed by atoms with Gasteiger partial charge in [-0.1, -0.05) is 0 Å². The molecule has 0 aromatic carbocycles. The first-order valence-electron chi connectivity index (χ1n) is 4.09. The number of ether oxygens (including phenoxy) is 1. The fraction of sp³-hybridized carbons (Fsp3) is 0.375. The van der Waals surface area contributed by atoms with Crippen molar-refractivity contribution in [2.75, 3.05) is 13.2 Å². The lowest BCUT2D eigenvalue weighted by atomic mass is 10.3. The summed E-state index contributed by atoms with van der Waals surface area (Å²) in [6.07, 6.45) is 3.63. The first-order valence-corrected chi connectivity index (χ1v) is 4.09. The van der Waals surface area contributed by atoms with Crippen LogP contribution in [0.5, 0.6) is 5.88 Å². The molecule has 1 aliphatic heterocycles. The van der Waals surface area contributed by atoms with E-state index in [9.17, 15) is 4.79 Å². The van der Waals surface area contributed by atoms with E-state index in [0.29, 0.717) is 24.6 Å². The van der Waals surface area contributed by atoms with Gasteiger partial charge in [-0.05, 0) is 6.42 Å². The molecule has 2 rings (SSSR count). The molecule has 0 bridgehead atoms. The predicted octanol–water partition coefficient (Wildman–Crippen LogP) is -0.0111. The smallest absolute Gasteiger partial charge is 0.258 e. The van der Waals surface area contributed by atoms with Crippen LogP contribution < -0.4 is 10.1 Å². The SMILES string of the molecule is O=C1NCCCOc2ncncc21. The number of amides is 1. The fourth-order valence-electron chi connectivity index (χ4n) is 1.13. The number of carbonyl (C=O) groups excluding carboxylic acids is 1. The number of nitrogens with zero attached hydrogens (tertiary/aromatic N) is 2. The third-order valence-corrected chi connectivity index (χ3v) is 1.77. The van der Waals surface area contributed by atoms with E-state index in [1.165, 1.54) is 12.5 Å². The Morgan fingerprint density at radius 1 is 1.54 bits per heavy atom. The van der Waals surface area contributed by atoms with Crippen LogP contribution in [0, 0.1) is 0 Å². The molecule has 0 fully saturated rings. The van der Waals surface area contributed by atoms with Crippen molar-refractivity contribution in [2.45, 2.75) is 6.42 Å². The van der Waals surface area contributed by atoms with Crippen LogP contribution in [0.2, 0.25) is 0 Å². The van der Waals surface area contributed by atoms with Crippen LogP contribution in [0.25, 0.3) is 0 Å². The molecule has 0 aliphatic carbocycles. The van der Waals surface area contributed by atoms with Crippen molar-refractivity contribution in [2.24, 2.45) is 0 Å². The van der Waals surface area contributed by atoms with Crippen molar-refractivity contribution in [3.63, 3.8) is 0 Å². The van der Waals surface area contributed by atoms with E-state index in [-0.39, 0.29) is 5.91 Å². The van der Waals surface area contributed by atoms with E-state index in [1.54, 1.807) is 0 Å². The highest BCUT2D eigenvalue weighted by atomic mass is 16.5. The minimum absolute atomic E-state index is 0.171. The van der Waals surface area contributed by atoms with Crippen molar-refractivity contribution in [1.82, 2.24) is 15.3 Å². The molecule has 1 N–H and O–H groups in total. The number of hydrogen-bond acceptors (Lipinski definition) is 4. The van der Waals surface area contributed by atoms with Crippen LogP contribution in [0.1, 0.15) is 16.8 Å². The zero-order valence-corrected chi connectivity index (χ0v) is 6.99. The van der Waals surface area contributed by atoms with Gasteiger partial charge < -0.3 is 10.1 Å². The summed E-state index contributed by atoms with van der Waals surface area (Å²) < 4.78 is 5.29. The monoisotopic (exact) mass is 179 g/mol. The lowest BCUT2D eigenvalue weighted by Crippen LogP contribution is -2.28. The summed E-state index contributed by atoms with van der Waals surface area (Å²) in [4.78, 5) is 19.0. The van der Waals surface area contributed by atoms with E-state index < -0.39 is 0 Å². The largest absolute Gasteiger partial charge is 0.477 e. The van der Waals surface area contributed by atoms with E-state index in [4.69, 9.17) is 4.74 Å². The first kappa shape index (κ1) is 7.97. The number of nitrogens with one attached hydrogen (secondary N) is 1. The highest BCUT2D eigenvalue weighted by Crippen LogP contribution is 2.14. The molecule has 1 aromatic rings. The van der Waals surface area contributed by atoms with Crippen LogP contribution in [-0.4, -0.2) is 29.0 Å². The Morgan fingerprint density at radius 3 is 3.38 bits per heavy atom. The molecule has 5 nitrogen and oxygen atoms in total. The van der Waals surface area contributed by atoms with Gasteiger partial charge in [-0.25, -0.2) is 9.97 Å². The van der Waals surface area contributed by atoms with E-state index >= 15 is 0 Å². The summed E-state index contributed by atoms with van der Waals surface area (Å²) >= 11 is 0. The molecule has 0 radical (unpaired) electrons. The highest BCUT2D eigenvalue weighted by molar-refractivity contribution is 5.96. The van der Waals surface area contributed by atoms with Crippen LogP contribution in [0.3, 0.4) is 0 Å². The number of aromatic nitrogens is 2. The van der Waals surface area contributed by atoms with Crippen molar-refractivity contribution in [1.29, 1.82) is 0 Å². The Kier molecular flexibility index (Phi) is 2.08. The first-order chi connectivity index (χ1) is 6.38. The Labute approximate surface area is 75.1 Å². The lowest BCUT2D eigenvalue weighted by molar-refractivity contribution is 0.0937. The zero-order valence-electron chi connectivity index (χ0n) is 6.99. The van der Waals surface area contributed by atoms with Gasteiger partial charge in [-0.3, -0.25) is 4.79 Å². The predicted molar refractivity (Wildman–Crippen MR) is 44.5 cm³/mol. The van der Waals surface area contributed by atoms with Crippen molar-refractivity contribution in [3.05, 3.63) is 18.1 Å². The lowest BCUT2D eigenvalue weighted by Gasteiger charge is -2.13. The van der Waals surface area contributed by atoms with E-state index in [0.717, 1.165) is 6.42 Å². The van der Waals surface area contributed by atoms with Crippen LogP contribution in [0.4, 0.5) is 0 Å². The highest BCUT2D eigenvalue weighted by Gasteiger charge is 2.15. The third kappa shape index (κ3) is 1.58. The second-order valence-electron chi connectivity index (χ2n) is 2.70. The number of carbonyl (C=O) groups is 1. The Bertz CT molecular complexity index is 327. The number of hydrogen-bond donors (Lipinski definition) is 1. The summed E-state index contributed by atoms with van der Waals surface area (Å²) in [6.45, 7) is 1.21. The summed E-state index contributed by atoms with van der Waals surface area (Å²) in [6, 6.07) is 0. The van der Waals surface area contributed by atoms with Gasteiger partial charge in [-0.15, -0.1) is 0 Å². The summed E-state index contributed by atoms with van der Waals surface area (Å²) in [7, 11) is 0. The molecule has 0 unspecified atom stereocenters. The third-order valence-electron chi connectivity index (χ3n) is 1.77. The van der Waals surface area contributed by atoms with E-state index in [1.807, 2.05) is 0 Å². The molecule has 1 aromatic heterocycles. The molecule has 0 saturated heterocycles. The van der Waals surface area contributed by atoms with Crippen LogP contribution in [0.15, 0.2) is 12.5 Å². The quantitative estimate of drug-likeness (QED) is 0.608. The van der Waals surface area contributed by atoms with Crippen molar-refractivity contribution >= 4 is 5.91 Å². The Hall–Kier alpha value is -1.65. The maximum Gasteiger partial charge on any atom is 0.258 e. The Balaban J connectivity index is 2.37. The molecule has 0 saturated carbocycles. The zero-order chi connectivity index (χ0) is 9.10. The number of rotatable bonds is 0. The normalized spacial score (nSPS) is 16.2. The Morgan fingerprint density at radius 2 is 2.46 bits per heavy atom. The molecule has 1 amide bonds. The van der Waals surface area contributed by atoms with Gasteiger partial charge >= 0.3 is 0 Å². The maximum atomic E-state index is 11.4. The van der Waals surface area contributed by atoms with Gasteiger partial charge in [-0.2, -0.15) is 0 Å². The second kappa shape index (κ2) is 3.38. The molecule has 0 atom stereocenters. The average Bonchev–Trinajstić information content (AvgIpc) is 2.14. The van der Waals surface area contributed by atoms with E-state index in [2.05, 4.69) is 15.3 Å². The molecule has 68 valence electrons. The van der Waals surface area contributed by atoms with Crippen LogP contribution in [-0.2, 0) is 0 Å². The molecule has 1 aliphatic rings. The van der Waals surface area contributed by atoms with Gasteiger partial charge in [0.15, 0.2) is 0 Å². The summed E-state index contributed by atoms with van der Waals surface area (Å²) in [5, 5.41) is 2.74. The molecular formula is C8H9N3O2.